The van der Waals surface area contributed by atoms with Gasteiger partial charge in [-0.05, 0) is 42.8 Å². The highest BCUT2D eigenvalue weighted by molar-refractivity contribution is 6.35. The molecule has 0 radical (unpaired) electrons. The van der Waals surface area contributed by atoms with Crippen LogP contribution >= 0.6 is 23.2 Å². The number of amides is 1. The summed E-state index contributed by atoms with van der Waals surface area (Å²) in [6.45, 7) is 2.33. The molecule has 0 bridgehead atoms. The van der Waals surface area contributed by atoms with Crippen LogP contribution in [0.4, 0.5) is 5.82 Å². The number of nitrogens with one attached hydrogen (secondary N) is 1. The minimum Gasteiger partial charge on any atom is -0.464 e. The molecular weight excluding hydrogens is 463 g/mol. The number of carbonyl (C=O) groups is 1. The van der Waals surface area contributed by atoms with Crippen molar-refractivity contribution in [2.24, 2.45) is 0 Å². The van der Waals surface area contributed by atoms with E-state index in [1.165, 1.54) is 0 Å². The number of benzene rings is 1. The van der Waals surface area contributed by atoms with Crippen LogP contribution in [0.3, 0.4) is 0 Å². The van der Waals surface area contributed by atoms with Gasteiger partial charge in [-0.1, -0.05) is 29.3 Å². The number of aryl methyl sites for hydroxylation is 1. The summed E-state index contributed by atoms with van der Waals surface area (Å²) >= 11 is 12.2. The van der Waals surface area contributed by atoms with Gasteiger partial charge in [0.1, 0.15) is 12.3 Å². The number of pyridine rings is 1. The summed E-state index contributed by atoms with van der Waals surface area (Å²) in [5.41, 5.74) is 3.13. The second-order valence-corrected chi connectivity index (χ2v) is 8.30. The molecule has 10 heteroatoms. The van der Waals surface area contributed by atoms with E-state index in [9.17, 15) is 4.79 Å². The summed E-state index contributed by atoms with van der Waals surface area (Å²) in [6, 6.07) is 12.6. The van der Waals surface area contributed by atoms with Crippen LogP contribution in [0.15, 0.2) is 65.5 Å². The zero-order valence-corrected chi connectivity index (χ0v) is 19.0. The van der Waals surface area contributed by atoms with Crippen molar-refractivity contribution in [1.82, 2.24) is 24.5 Å². The van der Waals surface area contributed by atoms with Gasteiger partial charge >= 0.3 is 0 Å². The van der Waals surface area contributed by atoms with Crippen molar-refractivity contribution >= 4 is 46.0 Å². The minimum atomic E-state index is -0.264. The van der Waals surface area contributed by atoms with Crippen LogP contribution in [0.1, 0.15) is 11.3 Å². The molecular formula is C23H18Cl2N6O2. The van der Waals surface area contributed by atoms with Crippen molar-refractivity contribution < 1.29 is 9.21 Å². The molecule has 4 heterocycles. The molecule has 4 aromatic heterocycles. The van der Waals surface area contributed by atoms with Crippen molar-refractivity contribution in [3.63, 3.8) is 0 Å². The molecule has 0 aliphatic heterocycles. The Bertz CT molecular complexity index is 1460. The number of hydrogen-bond donors (Lipinski definition) is 1. The Morgan fingerprint density at radius 2 is 2.03 bits per heavy atom. The van der Waals surface area contributed by atoms with E-state index >= 15 is 0 Å². The van der Waals surface area contributed by atoms with E-state index in [0.29, 0.717) is 28.1 Å². The van der Waals surface area contributed by atoms with Gasteiger partial charge in [0, 0.05) is 34.1 Å². The third-order valence-corrected chi connectivity index (χ3v) is 5.73. The molecule has 0 aliphatic carbocycles. The number of hydrogen-bond acceptors (Lipinski definition) is 5. The molecule has 5 rings (SSSR count). The van der Waals surface area contributed by atoms with E-state index in [4.69, 9.17) is 27.6 Å². The van der Waals surface area contributed by atoms with Gasteiger partial charge in [-0.2, -0.15) is 10.2 Å². The van der Waals surface area contributed by atoms with Crippen LogP contribution in [-0.2, 0) is 17.9 Å². The first-order valence-electron chi connectivity index (χ1n) is 10.1. The Hall–Kier alpha value is -3.62. The molecule has 0 saturated heterocycles. The maximum atomic E-state index is 12.7. The topological polar surface area (TPSA) is 90.8 Å². The molecule has 5 aromatic rings. The number of anilines is 1. The average Bonchev–Trinajstić information content (AvgIpc) is 3.52. The lowest BCUT2D eigenvalue weighted by atomic mass is 10.1. The van der Waals surface area contributed by atoms with E-state index < -0.39 is 0 Å². The molecule has 0 aliphatic rings. The van der Waals surface area contributed by atoms with E-state index in [2.05, 4.69) is 20.5 Å². The zero-order valence-electron chi connectivity index (χ0n) is 17.5. The van der Waals surface area contributed by atoms with Crippen molar-refractivity contribution in [1.29, 1.82) is 0 Å². The van der Waals surface area contributed by atoms with E-state index in [1.54, 1.807) is 46.2 Å². The van der Waals surface area contributed by atoms with E-state index in [-0.39, 0.29) is 12.5 Å². The Labute approximate surface area is 198 Å². The van der Waals surface area contributed by atoms with Gasteiger partial charge in [-0.15, -0.1) is 0 Å². The molecule has 1 aromatic carbocycles. The van der Waals surface area contributed by atoms with Crippen LogP contribution in [0.25, 0.3) is 22.4 Å². The van der Waals surface area contributed by atoms with Gasteiger partial charge in [0.05, 0.1) is 23.9 Å². The van der Waals surface area contributed by atoms with Gasteiger partial charge in [0.15, 0.2) is 11.5 Å². The Kier molecular flexibility index (Phi) is 5.62. The van der Waals surface area contributed by atoms with Crippen LogP contribution < -0.4 is 5.32 Å². The van der Waals surface area contributed by atoms with Crippen LogP contribution in [0, 0.1) is 6.92 Å². The van der Waals surface area contributed by atoms with Crippen molar-refractivity contribution in [3.05, 3.63) is 82.4 Å². The standard InChI is InChI=1S/C23H18Cl2N6O2/c1-14-22-17(19-3-2-10-33-19)6-8-26-23(22)31(28-14)13-21(32)27-20-7-9-30(29-20)12-15-4-5-16(24)11-18(15)25/h2-11H,12-13H2,1H3,(H,27,29,32). The fourth-order valence-corrected chi connectivity index (χ4v) is 4.16. The number of nitrogens with zero attached hydrogens (tertiary/aromatic N) is 5. The smallest absolute Gasteiger partial charge is 0.247 e. The molecule has 0 unspecified atom stereocenters. The van der Waals surface area contributed by atoms with Crippen molar-refractivity contribution in [3.8, 4) is 11.3 Å². The number of fused-ring (bicyclic) bond motifs is 1. The first-order chi connectivity index (χ1) is 16.0. The average molecular weight is 481 g/mol. The molecule has 8 nitrogen and oxygen atoms in total. The molecule has 0 spiro atoms. The van der Waals surface area contributed by atoms with E-state index in [0.717, 1.165) is 28.0 Å². The maximum Gasteiger partial charge on any atom is 0.247 e. The number of furan rings is 1. The lowest BCUT2D eigenvalue weighted by molar-refractivity contribution is -0.116. The lowest BCUT2D eigenvalue weighted by Gasteiger charge is -2.06. The number of carbonyl (C=O) groups excluding carboxylic acids is 1. The maximum absolute atomic E-state index is 12.7. The van der Waals surface area contributed by atoms with Crippen LogP contribution in [-0.4, -0.2) is 30.5 Å². The fourth-order valence-electron chi connectivity index (χ4n) is 3.69. The second kappa shape index (κ2) is 8.73. The SMILES string of the molecule is Cc1nn(CC(=O)Nc2ccn(Cc3ccc(Cl)cc3Cl)n2)c2nccc(-c3ccco3)c12. The fraction of sp³-hybridized carbons (Fsp3) is 0.130. The largest absolute Gasteiger partial charge is 0.464 e. The summed E-state index contributed by atoms with van der Waals surface area (Å²) in [5.74, 6) is 0.891. The third-order valence-electron chi connectivity index (χ3n) is 5.14. The molecule has 0 fully saturated rings. The van der Waals surface area contributed by atoms with Crippen molar-refractivity contribution in [2.45, 2.75) is 20.0 Å². The van der Waals surface area contributed by atoms with Gasteiger partial charge in [0.25, 0.3) is 0 Å². The monoisotopic (exact) mass is 480 g/mol. The molecule has 1 amide bonds. The Morgan fingerprint density at radius 1 is 1.15 bits per heavy atom. The Morgan fingerprint density at radius 3 is 2.82 bits per heavy atom. The third kappa shape index (κ3) is 4.35. The lowest BCUT2D eigenvalue weighted by Crippen LogP contribution is -2.20. The molecule has 166 valence electrons. The zero-order chi connectivity index (χ0) is 22.9. The number of rotatable bonds is 6. The number of aromatic nitrogens is 5. The first kappa shape index (κ1) is 21.2. The normalized spacial score (nSPS) is 11.2. The first-order valence-corrected chi connectivity index (χ1v) is 10.9. The quantitative estimate of drug-likeness (QED) is 0.361. The minimum absolute atomic E-state index is 0.00514. The highest BCUT2D eigenvalue weighted by atomic mass is 35.5. The Balaban J connectivity index is 1.31. The molecule has 33 heavy (non-hydrogen) atoms. The highest BCUT2D eigenvalue weighted by Crippen LogP contribution is 2.30. The number of halogens is 2. The van der Waals surface area contributed by atoms with Crippen molar-refractivity contribution in [2.75, 3.05) is 5.32 Å². The van der Waals surface area contributed by atoms with E-state index in [1.807, 2.05) is 31.2 Å². The second-order valence-electron chi connectivity index (χ2n) is 7.46. The van der Waals surface area contributed by atoms with Gasteiger partial charge < -0.3 is 9.73 Å². The summed E-state index contributed by atoms with van der Waals surface area (Å²) in [5, 5.41) is 13.7. The summed E-state index contributed by atoms with van der Waals surface area (Å²) in [4.78, 5) is 17.1. The van der Waals surface area contributed by atoms with Crippen LogP contribution in [0.5, 0.6) is 0 Å². The predicted molar refractivity (Wildman–Crippen MR) is 126 cm³/mol. The molecule has 1 N–H and O–H groups in total. The molecule has 0 saturated carbocycles. The van der Waals surface area contributed by atoms with Gasteiger partial charge in [-0.25, -0.2) is 9.67 Å². The molecule has 0 atom stereocenters. The van der Waals surface area contributed by atoms with Gasteiger partial charge in [0.2, 0.25) is 5.91 Å². The predicted octanol–water partition coefficient (Wildman–Crippen LogP) is 5.19. The highest BCUT2D eigenvalue weighted by Gasteiger charge is 2.17. The van der Waals surface area contributed by atoms with Crippen LogP contribution in [0.2, 0.25) is 10.0 Å². The summed E-state index contributed by atoms with van der Waals surface area (Å²) in [6.07, 6.45) is 5.07. The summed E-state index contributed by atoms with van der Waals surface area (Å²) < 4.78 is 8.81. The summed E-state index contributed by atoms with van der Waals surface area (Å²) in [7, 11) is 0. The van der Waals surface area contributed by atoms with Gasteiger partial charge in [-0.3, -0.25) is 9.48 Å².